The monoisotopic (exact) mass is 461 g/mol. The quantitative estimate of drug-likeness (QED) is 0.341. The number of rotatable bonds is 0. The largest absolute Gasteiger partial charge is 0.347 e. The van der Waals surface area contributed by atoms with E-state index >= 15 is 0 Å². The summed E-state index contributed by atoms with van der Waals surface area (Å²) < 4.78 is 2.83. The molecule has 0 fully saturated rings. The van der Waals surface area contributed by atoms with Gasteiger partial charge < -0.3 is 9.47 Å². The summed E-state index contributed by atoms with van der Waals surface area (Å²) >= 11 is 7.29. The van der Waals surface area contributed by atoms with E-state index in [0.29, 0.717) is 18.7 Å². The lowest BCUT2D eigenvalue weighted by Gasteiger charge is -2.40. The Balaban J connectivity index is 1.93. The molecule has 0 spiro atoms. The zero-order valence-electron chi connectivity index (χ0n) is 13.1. The highest BCUT2D eigenvalue weighted by molar-refractivity contribution is 9.10. The molecule has 3 heterocycles. The van der Waals surface area contributed by atoms with Crippen molar-refractivity contribution in [2.75, 3.05) is 6.54 Å². The van der Waals surface area contributed by atoms with Crippen LogP contribution >= 0.6 is 31.9 Å². The van der Waals surface area contributed by atoms with E-state index < -0.39 is 5.78 Å². The van der Waals surface area contributed by atoms with E-state index in [1.165, 1.54) is 0 Å². The van der Waals surface area contributed by atoms with Crippen LogP contribution in [-0.4, -0.2) is 38.7 Å². The summed E-state index contributed by atoms with van der Waals surface area (Å²) in [6.45, 7) is 0.628. The molecule has 2 atom stereocenters. The minimum atomic E-state index is -0.400. The van der Waals surface area contributed by atoms with E-state index in [2.05, 4.69) is 47.8 Å². The van der Waals surface area contributed by atoms with Crippen LogP contribution in [0.2, 0.25) is 0 Å². The van der Waals surface area contributed by atoms with Gasteiger partial charge in [0.05, 0.1) is 18.1 Å². The summed E-state index contributed by atoms with van der Waals surface area (Å²) in [7, 11) is 0. The second kappa shape index (κ2) is 5.38. The summed E-state index contributed by atoms with van der Waals surface area (Å²) in [5, 5.41) is 1.04. The summed E-state index contributed by atoms with van der Waals surface area (Å²) in [4.78, 5) is 31.6. The number of hydrogen-bond acceptors (Lipinski definition) is 4. The van der Waals surface area contributed by atoms with Crippen LogP contribution in [0.4, 0.5) is 0 Å². The van der Waals surface area contributed by atoms with Crippen molar-refractivity contribution >= 4 is 66.2 Å². The molecular formula is C18H13Br2N3O2. The topological polar surface area (TPSA) is 54.7 Å². The standard InChI is InChI=1S/C18H13Br2N3O2/c19-11-8-22-16-9(11)2-1-3-10(16)13-6-21-7-15(20)23(13)12-4-5-14(24)18(25)17(12)22/h1-3,7-8,13,15H,4-6H2. The lowest BCUT2D eigenvalue weighted by molar-refractivity contribution is -0.134. The van der Waals surface area contributed by atoms with Crippen molar-refractivity contribution in [2.45, 2.75) is 23.8 Å². The first-order valence-corrected chi connectivity index (χ1v) is 9.81. The van der Waals surface area contributed by atoms with E-state index in [0.717, 1.165) is 26.6 Å². The van der Waals surface area contributed by atoms with Crippen LogP contribution in [-0.2, 0) is 9.59 Å². The molecule has 3 aliphatic rings. The van der Waals surface area contributed by atoms with Gasteiger partial charge >= 0.3 is 0 Å². The number of Topliss-reactive ketones (excluding diaryl/α,β-unsaturated/α-hetero) is 2. The molecule has 2 unspecified atom stereocenters. The molecular weight excluding hydrogens is 450 g/mol. The number of aromatic nitrogens is 1. The molecule has 0 saturated heterocycles. The summed E-state index contributed by atoms with van der Waals surface area (Å²) in [6.07, 6.45) is 4.60. The fourth-order valence-corrected chi connectivity index (χ4v) is 5.33. The molecule has 5 rings (SSSR count). The molecule has 2 aliphatic heterocycles. The van der Waals surface area contributed by atoms with Gasteiger partial charge in [0.25, 0.3) is 0 Å². The summed E-state index contributed by atoms with van der Waals surface area (Å²) in [6, 6.07) is 6.19. The van der Waals surface area contributed by atoms with Gasteiger partial charge in [0.15, 0.2) is 0 Å². The number of para-hydroxylation sites is 1. The van der Waals surface area contributed by atoms with Gasteiger partial charge in [0, 0.05) is 40.0 Å². The maximum atomic E-state index is 12.8. The Morgan fingerprint density at radius 1 is 1.20 bits per heavy atom. The zero-order valence-corrected chi connectivity index (χ0v) is 16.2. The molecule has 0 amide bonds. The molecule has 1 aromatic carbocycles. The number of carbonyl (C=O) groups excluding carboxylic acids is 2. The van der Waals surface area contributed by atoms with Crippen LogP contribution in [0.5, 0.6) is 0 Å². The van der Waals surface area contributed by atoms with Crippen LogP contribution in [0.1, 0.15) is 24.4 Å². The highest BCUT2D eigenvalue weighted by Gasteiger charge is 2.41. The number of ketones is 2. The molecule has 25 heavy (non-hydrogen) atoms. The summed E-state index contributed by atoms with van der Waals surface area (Å²) in [5.74, 6) is -0.715. The molecule has 0 saturated carbocycles. The van der Waals surface area contributed by atoms with Crippen molar-refractivity contribution < 1.29 is 9.59 Å². The number of carbonyl (C=O) groups is 2. The third kappa shape index (κ3) is 2.02. The molecule has 7 heteroatoms. The average molecular weight is 463 g/mol. The Labute approximate surface area is 160 Å². The first kappa shape index (κ1) is 15.5. The maximum absolute atomic E-state index is 12.8. The van der Waals surface area contributed by atoms with Gasteiger partial charge in [-0.3, -0.25) is 14.6 Å². The Kier molecular flexibility index (Phi) is 3.34. The van der Waals surface area contributed by atoms with Gasteiger partial charge in [-0.2, -0.15) is 0 Å². The molecule has 5 nitrogen and oxygen atoms in total. The van der Waals surface area contributed by atoms with Crippen molar-refractivity contribution in [2.24, 2.45) is 4.99 Å². The van der Waals surface area contributed by atoms with Gasteiger partial charge in [-0.25, -0.2) is 0 Å². The van der Waals surface area contributed by atoms with Crippen LogP contribution in [0.15, 0.2) is 39.6 Å². The molecule has 1 aliphatic carbocycles. The smallest absolute Gasteiger partial charge is 0.247 e. The molecule has 2 aromatic rings. The van der Waals surface area contributed by atoms with Gasteiger partial charge in [-0.1, -0.05) is 34.1 Å². The Bertz CT molecular complexity index is 1020. The minimum Gasteiger partial charge on any atom is -0.347 e. The van der Waals surface area contributed by atoms with Crippen LogP contribution < -0.4 is 0 Å². The predicted octanol–water partition coefficient (Wildman–Crippen LogP) is 3.67. The molecule has 0 radical (unpaired) electrons. The molecule has 126 valence electrons. The maximum Gasteiger partial charge on any atom is 0.247 e. The highest BCUT2D eigenvalue weighted by Crippen LogP contribution is 2.45. The van der Waals surface area contributed by atoms with Crippen LogP contribution in [0, 0.1) is 0 Å². The van der Waals surface area contributed by atoms with Crippen molar-refractivity contribution in [3.05, 3.63) is 40.1 Å². The Hall–Kier alpha value is -1.73. The third-order valence-electron chi connectivity index (χ3n) is 5.16. The highest BCUT2D eigenvalue weighted by atomic mass is 79.9. The number of alkyl halides is 1. The fraction of sp³-hybridized carbons (Fsp3) is 0.278. The normalized spacial score (nSPS) is 25.3. The van der Waals surface area contributed by atoms with Gasteiger partial charge in [-0.05, 0) is 22.4 Å². The number of fused-ring (bicyclic) bond motifs is 4. The minimum absolute atomic E-state index is 0.0344. The second-order valence-corrected chi connectivity index (χ2v) is 8.24. The van der Waals surface area contributed by atoms with E-state index in [-0.39, 0.29) is 23.2 Å². The lowest BCUT2D eigenvalue weighted by Crippen LogP contribution is -2.41. The predicted molar refractivity (Wildman–Crippen MR) is 103 cm³/mol. The SMILES string of the molecule is O=C1CCC2=C(C1=O)n1cc(Br)c3cccc(c31)C1CN=CC(Br)N21. The van der Waals surface area contributed by atoms with Crippen molar-refractivity contribution in [1.82, 2.24) is 9.47 Å². The zero-order chi connectivity index (χ0) is 17.3. The van der Waals surface area contributed by atoms with E-state index in [1.54, 1.807) is 0 Å². The van der Waals surface area contributed by atoms with Crippen LogP contribution in [0.25, 0.3) is 16.6 Å². The first-order valence-electron chi connectivity index (χ1n) is 8.11. The number of halogens is 2. The molecule has 1 aromatic heterocycles. The van der Waals surface area contributed by atoms with Crippen molar-refractivity contribution in [3.8, 4) is 0 Å². The number of aliphatic imine (C=N–C) groups is 1. The summed E-state index contributed by atoms with van der Waals surface area (Å²) in [5.41, 5.74) is 3.51. The first-order chi connectivity index (χ1) is 12.1. The molecule has 0 N–H and O–H groups in total. The average Bonchev–Trinajstić information content (AvgIpc) is 2.87. The van der Waals surface area contributed by atoms with E-state index in [1.807, 2.05) is 29.1 Å². The van der Waals surface area contributed by atoms with Gasteiger partial charge in [0.2, 0.25) is 11.6 Å². The number of allylic oxidation sites excluding steroid dienone is 2. The molecule has 0 bridgehead atoms. The third-order valence-corrected chi connectivity index (χ3v) is 6.47. The second-order valence-electron chi connectivity index (χ2n) is 6.45. The number of nitrogens with zero attached hydrogens (tertiary/aromatic N) is 3. The van der Waals surface area contributed by atoms with Gasteiger partial charge in [-0.15, -0.1) is 0 Å². The van der Waals surface area contributed by atoms with E-state index in [4.69, 9.17) is 0 Å². The Morgan fingerprint density at radius 2 is 2.04 bits per heavy atom. The number of hydrogen-bond donors (Lipinski definition) is 0. The van der Waals surface area contributed by atoms with Crippen molar-refractivity contribution in [3.63, 3.8) is 0 Å². The van der Waals surface area contributed by atoms with Gasteiger partial charge in [0.1, 0.15) is 10.6 Å². The number of benzene rings is 1. The van der Waals surface area contributed by atoms with Crippen LogP contribution in [0.3, 0.4) is 0 Å². The lowest BCUT2D eigenvalue weighted by atomic mass is 9.96. The Morgan fingerprint density at radius 3 is 2.88 bits per heavy atom. The van der Waals surface area contributed by atoms with E-state index in [9.17, 15) is 9.59 Å². The fourth-order valence-electron chi connectivity index (χ4n) is 4.11. The van der Waals surface area contributed by atoms with Crippen molar-refractivity contribution in [1.29, 1.82) is 0 Å².